The van der Waals surface area contributed by atoms with E-state index in [9.17, 15) is 5.11 Å². The topological polar surface area (TPSA) is 49.5 Å². The molecule has 0 bridgehead atoms. The van der Waals surface area contributed by atoms with E-state index in [0.717, 1.165) is 42.5 Å². The lowest BCUT2D eigenvalue weighted by molar-refractivity contribution is 0.0559. The number of nitrogens with two attached hydrogens (primary N) is 1. The molecule has 0 aliphatic heterocycles. The van der Waals surface area contributed by atoms with Crippen LogP contribution < -0.4 is 10.6 Å². The van der Waals surface area contributed by atoms with E-state index < -0.39 is 5.60 Å². The number of rotatable bonds is 4. The fourth-order valence-electron chi connectivity index (χ4n) is 2.90. The van der Waals surface area contributed by atoms with Gasteiger partial charge in [-0.05, 0) is 31.9 Å². The molecule has 0 aromatic heterocycles. The molecule has 19 heavy (non-hydrogen) atoms. The third-order valence-electron chi connectivity index (χ3n) is 3.89. The number of hydrogen-bond acceptors (Lipinski definition) is 3. The molecule has 2 rings (SSSR count). The standard InChI is InChI=1S/C15H22N2OS/c1-11-5-6-13(12(9-11)14(16)19)17(2)10-15(18)7-3-4-8-15/h5-6,9,18H,3-4,7-8,10H2,1-2H3,(H2,16,19). The van der Waals surface area contributed by atoms with Gasteiger partial charge in [0.15, 0.2) is 0 Å². The fraction of sp³-hybridized carbons (Fsp3) is 0.533. The van der Waals surface area contributed by atoms with E-state index >= 15 is 0 Å². The van der Waals surface area contributed by atoms with Crippen LogP contribution >= 0.6 is 12.2 Å². The van der Waals surface area contributed by atoms with Crippen LogP contribution in [-0.2, 0) is 0 Å². The maximum Gasteiger partial charge on any atom is 0.106 e. The van der Waals surface area contributed by atoms with Gasteiger partial charge in [0.1, 0.15) is 4.99 Å². The van der Waals surface area contributed by atoms with Crippen molar-refractivity contribution in [1.29, 1.82) is 0 Å². The zero-order chi connectivity index (χ0) is 14.0. The van der Waals surface area contributed by atoms with E-state index in [4.69, 9.17) is 18.0 Å². The first-order valence-electron chi connectivity index (χ1n) is 6.75. The first-order valence-corrected chi connectivity index (χ1v) is 7.16. The van der Waals surface area contributed by atoms with Crippen molar-refractivity contribution in [1.82, 2.24) is 0 Å². The number of aryl methyl sites for hydroxylation is 1. The lowest BCUT2D eigenvalue weighted by atomic mass is 10.0. The van der Waals surface area contributed by atoms with E-state index in [1.165, 1.54) is 0 Å². The Kier molecular flexibility index (Phi) is 4.11. The smallest absolute Gasteiger partial charge is 0.106 e. The monoisotopic (exact) mass is 278 g/mol. The van der Waals surface area contributed by atoms with Gasteiger partial charge in [-0.2, -0.15) is 0 Å². The largest absolute Gasteiger partial charge is 0.389 e. The Morgan fingerprint density at radius 3 is 2.63 bits per heavy atom. The summed E-state index contributed by atoms with van der Waals surface area (Å²) in [5.74, 6) is 0. The second kappa shape index (κ2) is 5.47. The molecule has 0 saturated heterocycles. The van der Waals surface area contributed by atoms with Gasteiger partial charge in [-0.3, -0.25) is 0 Å². The van der Waals surface area contributed by atoms with Gasteiger partial charge in [-0.1, -0.05) is 36.7 Å². The predicted molar refractivity (Wildman–Crippen MR) is 83.8 cm³/mol. The highest BCUT2D eigenvalue weighted by molar-refractivity contribution is 7.80. The third-order valence-corrected chi connectivity index (χ3v) is 4.11. The summed E-state index contributed by atoms with van der Waals surface area (Å²) in [6.45, 7) is 2.65. The van der Waals surface area contributed by atoms with Crippen LogP contribution in [0.5, 0.6) is 0 Å². The van der Waals surface area contributed by atoms with Crippen molar-refractivity contribution >= 4 is 22.9 Å². The van der Waals surface area contributed by atoms with Crippen molar-refractivity contribution < 1.29 is 5.11 Å². The summed E-state index contributed by atoms with van der Waals surface area (Å²) in [7, 11) is 1.99. The molecule has 0 heterocycles. The van der Waals surface area contributed by atoms with Crippen molar-refractivity contribution in [3.05, 3.63) is 29.3 Å². The maximum absolute atomic E-state index is 10.5. The van der Waals surface area contributed by atoms with Crippen LogP contribution in [0.15, 0.2) is 18.2 Å². The number of anilines is 1. The normalized spacial score (nSPS) is 17.4. The van der Waals surface area contributed by atoms with Crippen LogP contribution in [0, 0.1) is 6.92 Å². The minimum Gasteiger partial charge on any atom is -0.389 e. The van der Waals surface area contributed by atoms with Crippen LogP contribution in [0.3, 0.4) is 0 Å². The van der Waals surface area contributed by atoms with Crippen LogP contribution in [0.25, 0.3) is 0 Å². The molecule has 1 aliphatic rings. The van der Waals surface area contributed by atoms with Crippen molar-refractivity contribution in [2.24, 2.45) is 5.73 Å². The molecule has 1 fully saturated rings. The fourth-order valence-corrected chi connectivity index (χ4v) is 3.06. The second-order valence-electron chi connectivity index (χ2n) is 5.67. The Morgan fingerprint density at radius 2 is 2.05 bits per heavy atom. The summed E-state index contributed by atoms with van der Waals surface area (Å²) >= 11 is 5.13. The molecule has 1 aromatic carbocycles. The molecular weight excluding hydrogens is 256 g/mol. The highest BCUT2D eigenvalue weighted by Gasteiger charge is 2.32. The Balaban J connectivity index is 2.23. The lowest BCUT2D eigenvalue weighted by Gasteiger charge is -2.31. The summed E-state index contributed by atoms with van der Waals surface area (Å²) in [6, 6.07) is 6.08. The van der Waals surface area contributed by atoms with Gasteiger partial charge in [0.25, 0.3) is 0 Å². The van der Waals surface area contributed by atoms with Crippen LogP contribution in [0.4, 0.5) is 5.69 Å². The molecule has 1 saturated carbocycles. The van der Waals surface area contributed by atoms with Gasteiger partial charge in [0.05, 0.1) is 5.60 Å². The van der Waals surface area contributed by atoms with E-state index in [0.29, 0.717) is 11.5 Å². The summed E-state index contributed by atoms with van der Waals surface area (Å²) in [5.41, 5.74) is 8.27. The zero-order valence-corrected chi connectivity index (χ0v) is 12.5. The van der Waals surface area contributed by atoms with Crippen molar-refractivity contribution in [2.75, 3.05) is 18.5 Å². The van der Waals surface area contributed by atoms with E-state index in [1.54, 1.807) is 0 Å². The van der Waals surface area contributed by atoms with Gasteiger partial charge in [0, 0.05) is 24.8 Å². The van der Waals surface area contributed by atoms with Crippen LogP contribution in [0.1, 0.15) is 36.8 Å². The quantitative estimate of drug-likeness (QED) is 0.830. The van der Waals surface area contributed by atoms with Gasteiger partial charge in [-0.25, -0.2) is 0 Å². The Labute approximate surface area is 120 Å². The number of thiocarbonyl (C=S) groups is 1. The molecule has 3 N–H and O–H groups in total. The summed E-state index contributed by atoms with van der Waals surface area (Å²) in [4.78, 5) is 2.48. The van der Waals surface area contributed by atoms with Crippen molar-refractivity contribution in [2.45, 2.75) is 38.2 Å². The zero-order valence-electron chi connectivity index (χ0n) is 11.6. The third kappa shape index (κ3) is 3.25. The van der Waals surface area contributed by atoms with E-state index in [2.05, 4.69) is 4.90 Å². The summed E-state index contributed by atoms with van der Waals surface area (Å²) in [5, 5.41) is 10.5. The molecule has 0 spiro atoms. The number of nitrogens with zero attached hydrogens (tertiary/aromatic N) is 1. The Bertz CT molecular complexity index is 481. The highest BCUT2D eigenvalue weighted by atomic mass is 32.1. The van der Waals surface area contributed by atoms with Gasteiger partial charge < -0.3 is 15.7 Å². The Morgan fingerprint density at radius 1 is 1.42 bits per heavy atom. The molecule has 0 atom stereocenters. The van der Waals surface area contributed by atoms with Crippen LogP contribution in [-0.4, -0.2) is 29.3 Å². The van der Waals surface area contributed by atoms with Crippen molar-refractivity contribution in [3.8, 4) is 0 Å². The molecule has 104 valence electrons. The first kappa shape index (κ1) is 14.3. The molecule has 1 aromatic rings. The maximum atomic E-state index is 10.5. The predicted octanol–water partition coefficient (Wildman–Crippen LogP) is 2.37. The number of aliphatic hydroxyl groups is 1. The minimum absolute atomic E-state index is 0.406. The molecule has 0 amide bonds. The molecule has 3 nitrogen and oxygen atoms in total. The van der Waals surface area contributed by atoms with Gasteiger partial charge >= 0.3 is 0 Å². The summed E-state index contributed by atoms with van der Waals surface area (Å²) in [6.07, 6.45) is 3.98. The number of likely N-dealkylation sites (N-methyl/N-ethyl adjacent to an activating group) is 1. The van der Waals surface area contributed by atoms with E-state index in [1.807, 2.05) is 32.2 Å². The van der Waals surface area contributed by atoms with E-state index in [-0.39, 0.29) is 0 Å². The molecule has 1 aliphatic carbocycles. The Hall–Kier alpha value is -1.13. The van der Waals surface area contributed by atoms with Crippen molar-refractivity contribution in [3.63, 3.8) is 0 Å². The first-order chi connectivity index (χ1) is 8.91. The van der Waals surface area contributed by atoms with Crippen LogP contribution in [0.2, 0.25) is 0 Å². The average Bonchev–Trinajstić information content (AvgIpc) is 2.75. The molecule has 0 unspecified atom stereocenters. The number of hydrogen-bond donors (Lipinski definition) is 2. The SMILES string of the molecule is Cc1ccc(N(C)CC2(O)CCCC2)c(C(N)=S)c1. The van der Waals surface area contributed by atoms with Gasteiger partial charge in [-0.15, -0.1) is 0 Å². The average molecular weight is 278 g/mol. The molecule has 4 heteroatoms. The van der Waals surface area contributed by atoms with Gasteiger partial charge in [0.2, 0.25) is 0 Å². The second-order valence-corrected chi connectivity index (χ2v) is 6.11. The minimum atomic E-state index is -0.562. The summed E-state index contributed by atoms with van der Waals surface area (Å²) < 4.78 is 0. The highest BCUT2D eigenvalue weighted by Crippen LogP contribution is 2.32. The number of benzene rings is 1. The lowest BCUT2D eigenvalue weighted by Crippen LogP contribution is -2.39. The molecule has 0 radical (unpaired) electrons. The molecular formula is C15H22N2OS.